The smallest absolute Gasteiger partial charge is 0.339 e. The number of halogens is 6. The van der Waals surface area contributed by atoms with Crippen LogP contribution < -0.4 is 0 Å². The number of nitrogens with zero attached hydrogens (tertiary/aromatic N) is 1. The molecule has 39 heavy (non-hydrogen) atoms. The quantitative estimate of drug-likeness (QED) is 0.402. The van der Waals surface area contributed by atoms with Crippen LogP contribution in [0.2, 0.25) is 0 Å². The highest BCUT2D eigenvalue weighted by Gasteiger charge is 2.45. The van der Waals surface area contributed by atoms with E-state index in [1.54, 1.807) is 0 Å². The summed E-state index contributed by atoms with van der Waals surface area (Å²) in [6, 6.07) is 5.60. The number of benzene rings is 2. The van der Waals surface area contributed by atoms with Crippen LogP contribution in [-0.2, 0) is 32.0 Å². The van der Waals surface area contributed by atoms with Crippen molar-refractivity contribution >= 4 is 25.6 Å². The number of rotatable bonds is 6. The summed E-state index contributed by atoms with van der Waals surface area (Å²) in [6.07, 6.45) is -9.61. The maximum atomic E-state index is 13.8. The Morgan fingerprint density at radius 1 is 0.872 bits per heavy atom. The third-order valence-corrected chi connectivity index (χ3v) is 11.5. The molecule has 6 nitrogen and oxygen atoms in total. The van der Waals surface area contributed by atoms with Gasteiger partial charge in [0, 0.05) is 13.1 Å². The first-order chi connectivity index (χ1) is 17.7. The SMILES string of the molecule is CCS(=O)(=O)c1ccc(C(=O)N2CCC(C(C)(C)S(=O)(=O)c3cccc(C(F)(F)F)c3)CC2)c(C(F)(F)F)c1. The lowest BCUT2D eigenvalue weighted by atomic mass is 9.85. The summed E-state index contributed by atoms with van der Waals surface area (Å²) in [4.78, 5) is 13.1. The molecule has 0 aromatic heterocycles. The van der Waals surface area contributed by atoms with Gasteiger partial charge < -0.3 is 4.90 Å². The van der Waals surface area contributed by atoms with Gasteiger partial charge in [-0.15, -0.1) is 0 Å². The zero-order valence-electron chi connectivity index (χ0n) is 21.2. The van der Waals surface area contributed by atoms with Crippen molar-refractivity contribution in [1.82, 2.24) is 4.90 Å². The molecule has 0 aliphatic carbocycles. The highest BCUT2D eigenvalue weighted by molar-refractivity contribution is 7.92. The van der Waals surface area contributed by atoms with E-state index in [2.05, 4.69) is 0 Å². The fourth-order valence-corrected chi connectivity index (χ4v) is 7.34. The molecule has 1 heterocycles. The topological polar surface area (TPSA) is 88.6 Å². The van der Waals surface area contributed by atoms with E-state index in [4.69, 9.17) is 0 Å². The minimum absolute atomic E-state index is 0.0700. The number of hydrogen-bond acceptors (Lipinski definition) is 5. The summed E-state index contributed by atoms with van der Waals surface area (Å²) >= 11 is 0. The third kappa shape index (κ3) is 6.11. The van der Waals surface area contributed by atoms with Crippen LogP contribution in [0, 0.1) is 5.92 Å². The summed E-state index contributed by atoms with van der Waals surface area (Å²) in [5, 5.41) is 0. The molecule has 2 aromatic carbocycles. The number of piperidine rings is 1. The van der Waals surface area contributed by atoms with Crippen LogP contribution in [0.5, 0.6) is 0 Å². The van der Waals surface area contributed by atoms with E-state index in [1.807, 2.05) is 0 Å². The molecule has 0 radical (unpaired) electrons. The Kier molecular flexibility index (Phi) is 8.26. The number of sulfone groups is 2. The van der Waals surface area contributed by atoms with Gasteiger partial charge in [0.25, 0.3) is 5.91 Å². The summed E-state index contributed by atoms with van der Waals surface area (Å²) in [5.41, 5.74) is -3.23. The van der Waals surface area contributed by atoms with E-state index in [9.17, 15) is 48.0 Å². The first-order valence-electron chi connectivity index (χ1n) is 11.9. The Hall–Kier alpha value is -2.61. The summed E-state index contributed by atoms with van der Waals surface area (Å²) in [5.74, 6) is -2.02. The van der Waals surface area contributed by atoms with Gasteiger partial charge in [0.15, 0.2) is 19.7 Å². The molecule has 1 aliphatic heterocycles. The number of amides is 1. The van der Waals surface area contributed by atoms with Gasteiger partial charge in [-0.25, -0.2) is 16.8 Å². The van der Waals surface area contributed by atoms with Crippen LogP contribution in [0.3, 0.4) is 0 Å². The Labute approximate surface area is 222 Å². The van der Waals surface area contributed by atoms with Crippen molar-refractivity contribution in [1.29, 1.82) is 0 Å². The summed E-state index contributed by atoms with van der Waals surface area (Å²) < 4.78 is 130. The van der Waals surface area contributed by atoms with Gasteiger partial charge >= 0.3 is 12.4 Å². The Bertz CT molecular complexity index is 1460. The van der Waals surface area contributed by atoms with Crippen LogP contribution in [0.1, 0.15) is 55.1 Å². The molecular formula is C25H27F6NO5S2. The number of carbonyl (C=O) groups excluding carboxylic acids is 1. The third-order valence-electron chi connectivity index (χ3n) is 7.20. The Morgan fingerprint density at radius 2 is 1.46 bits per heavy atom. The maximum absolute atomic E-state index is 13.8. The van der Waals surface area contributed by atoms with Gasteiger partial charge in [0.2, 0.25) is 0 Å². The van der Waals surface area contributed by atoms with Gasteiger partial charge in [-0.1, -0.05) is 13.0 Å². The minimum Gasteiger partial charge on any atom is -0.339 e. The van der Waals surface area contributed by atoms with E-state index in [0.717, 1.165) is 35.2 Å². The van der Waals surface area contributed by atoms with E-state index < -0.39 is 80.8 Å². The van der Waals surface area contributed by atoms with E-state index >= 15 is 0 Å². The standard InChI is InChI=1S/C25H27F6NO5S2/c1-4-38(34,35)18-8-9-20(21(15-18)25(29,30)31)22(33)32-12-10-16(11-13-32)23(2,3)39(36,37)19-7-5-6-17(14-19)24(26,27)28/h5-9,14-16H,4,10-13H2,1-3H3. The van der Waals surface area contributed by atoms with Crippen LogP contribution in [-0.4, -0.2) is 51.2 Å². The summed E-state index contributed by atoms with van der Waals surface area (Å²) in [6.45, 7) is 3.83. The van der Waals surface area contributed by atoms with Crippen molar-refractivity contribution in [3.8, 4) is 0 Å². The second-order valence-electron chi connectivity index (χ2n) is 9.81. The molecule has 14 heteroatoms. The van der Waals surface area contributed by atoms with Gasteiger partial charge in [0.1, 0.15) is 0 Å². The second kappa shape index (κ2) is 10.4. The molecule has 2 aromatic rings. The largest absolute Gasteiger partial charge is 0.417 e. The first-order valence-corrected chi connectivity index (χ1v) is 15.0. The molecule has 216 valence electrons. The fourth-order valence-electron chi connectivity index (χ4n) is 4.62. The monoisotopic (exact) mass is 599 g/mol. The molecule has 1 amide bonds. The van der Waals surface area contributed by atoms with Crippen LogP contribution in [0.15, 0.2) is 52.3 Å². The Balaban J connectivity index is 1.84. The summed E-state index contributed by atoms with van der Waals surface area (Å²) in [7, 11) is -8.23. The normalized spacial score (nSPS) is 16.4. The molecule has 0 N–H and O–H groups in total. The van der Waals surface area contributed by atoms with Crippen LogP contribution in [0.4, 0.5) is 26.3 Å². The molecule has 0 unspecified atom stereocenters. The molecule has 1 fully saturated rings. The predicted molar refractivity (Wildman–Crippen MR) is 131 cm³/mol. The molecule has 0 spiro atoms. The van der Waals surface area contributed by atoms with E-state index in [0.29, 0.717) is 12.1 Å². The van der Waals surface area contributed by atoms with Crippen molar-refractivity contribution in [2.75, 3.05) is 18.8 Å². The Morgan fingerprint density at radius 3 is 1.97 bits per heavy atom. The predicted octanol–water partition coefficient (Wildman–Crippen LogP) is 5.62. The van der Waals surface area contributed by atoms with Gasteiger partial charge in [-0.3, -0.25) is 4.79 Å². The maximum Gasteiger partial charge on any atom is 0.417 e. The first kappa shape index (κ1) is 30.9. The highest BCUT2D eigenvalue weighted by Crippen LogP contribution is 2.40. The molecule has 1 saturated heterocycles. The lowest BCUT2D eigenvalue weighted by Gasteiger charge is -2.40. The second-order valence-corrected chi connectivity index (χ2v) is 14.6. The van der Waals surface area contributed by atoms with Crippen molar-refractivity contribution in [3.63, 3.8) is 0 Å². The fraction of sp³-hybridized carbons (Fsp3) is 0.480. The number of alkyl halides is 6. The van der Waals surface area contributed by atoms with Crippen molar-refractivity contribution in [2.45, 2.75) is 60.5 Å². The van der Waals surface area contributed by atoms with Crippen molar-refractivity contribution in [3.05, 3.63) is 59.2 Å². The number of hydrogen-bond donors (Lipinski definition) is 0. The number of carbonyl (C=O) groups is 1. The van der Waals surface area contributed by atoms with Crippen molar-refractivity contribution in [2.24, 2.45) is 5.92 Å². The molecule has 3 rings (SSSR count). The molecule has 1 aliphatic rings. The minimum atomic E-state index is -5.01. The van der Waals surface area contributed by atoms with Crippen LogP contribution in [0.25, 0.3) is 0 Å². The zero-order chi connectivity index (χ0) is 29.6. The lowest BCUT2D eigenvalue weighted by Crippen LogP contribution is -2.47. The van der Waals surface area contributed by atoms with Gasteiger partial charge in [-0.05, 0) is 69.0 Å². The highest BCUT2D eigenvalue weighted by atomic mass is 32.2. The van der Waals surface area contributed by atoms with Gasteiger partial charge in [0.05, 0.1) is 37.0 Å². The molecule has 0 saturated carbocycles. The van der Waals surface area contributed by atoms with Crippen molar-refractivity contribution < 1.29 is 48.0 Å². The number of likely N-dealkylation sites (tertiary alicyclic amines) is 1. The molecule has 0 atom stereocenters. The zero-order valence-corrected chi connectivity index (χ0v) is 22.9. The average Bonchev–Trinajstić information content (AvgIpc) is 2.87. The van der Waals surface area contributed by atoms with Crippen LogP contribution >= 0.6 is 0 Å². The average molecular weight is 600 g/mol. The lowest BCUT2D eigenvalue weighted by molar-refractivity contribution is -0.138. The molecular weight excluding hydrogens is 572 g/mol. The van der Waals surface area contributed by atoms with E-state index in [1.165, 1.54) is 20.8 Å². The molecule has 0 bridgehead atoms. The van der Waals surface area contributed by atoms with E-state index in [-0.39, 0.29) is 25.9 Å². The van der Waals surface area contributed by atoms with Gasteiger partial charge in [-0.2, -0.15) is 26.3 Å².